The second kappa shape index (κ2) is 8.08. The first-order chi connectivity index (χ1) is 10.7. The molecule has 0 aromatic heterocycles. The minimum absolute atomic E-state index is 0.190. The predicted molar refractivity (Wildman–Crippen MR) is 88.6 cm³/mol. The molecule has 0 aliphatic carbocycles. The summed E-state index contributed by atoms with van der Waals surface area (Å²) in [5.74, 6) is 0.605. The van der Waals surface area contributed by atoms with Crippen molar-refractivity contribution < 1.29 is 9.13 Å². The Kier molecular flexibility index (Phi) is 5.83. The van der Waals surface area contributed by atoms with Gasteiger partial charge in [0.05, 0.1) is 19.5 Å². The Labute approximate surface area is 130 Å². The maximum atomic E-state index is 13.8. The lowest BCUT2D eigenvalue weighted by Gasteiger charge is -2.01. The van der Waals surface area contributed by atoms with Crippen LogP contribution in [0.15, 0.2) is 52.7 Å². The average Bonchev–Trinajstić information content (AvgIpc) is 2.55. The number of hydrogen-bond acceptors (Lipinski definition) is 3. The van der Waals surface area contributed by atoms with E-state index >= 15 is 0 Å². The Hall–Kier alpha value is -2.49. The fraction of sp³-hybridized carbons (Fsp3) is 0.222. The van der Waals surface area contributed by atoms with Gasteiger partial charge >= 0.3 is 0 Å². The topological polar surface area (TPSA) is 34.0 Å². The summed E-state index contributed by atoms with van der Waals surface area (Å²) in [6, 6.07) is 12.6. The number of ether oxygens (including phenoxy) is 1. The van der Waals surface area contributed by atoms with E-state index in [9.17, 15) is 4.39 Å². The lowest BCUT2D eigenvalue weighted by Crippen LogP contribution is -1.92. The number of rotatable bonds is 6. The first kappa shape index (κ1) is 15.9. The van der Waals surface area contributed by atoms with E-state index in [0.29, 0.717) is 5.56 Å². The monoisotopic (exact) mass is 298 g/mol. The van der Waals surface area contributed by atoms with Gasteiger partial charge < -0.3 is 4.74 Å². The Morgan fingerprint density at radius 2 is 1.64 bits per heavy atom. The van der Waals surface area contributed by atoms with Crippen molar-refractivity contribution in [1.29, 1.82) is 0 Å². The summed E-state index contributed by atoms with van der Waals surface area (Å²) in [7, 11) is 1.62. The van der Waals surface area contributed by atoms with Gasteiger partial charge in [-0.1, -0.05) is 25.5 Å². The minimum atomic E-state index is -0.190. The van der Waals surface area contributed by atoms with E-state index in [4.69, 9.17) is 4.74 Å². The summed E-state index contributed by atoms with van der Waals surface area (Å²) in [4.78, 5) is 0. The number of hydrogen-bond donors (Lipinski definition) is 0. The van der Waals surface area contributed by atoms with E-state index < -0.39 is 0 Å². The molecular formula is C18H19FN2O. The number of nitrogens with zero attached hydrogens (tertiary/aromatic N) is 2. The van der Waals surface area contributed by atoms with Gasteiger partial charge in [-0.3, -0.25) is 0 Å². The van der Waals surface area contributed by atoms with Gasteiger partial charge in [-0.05, 0) is 53.4 Å². The molecule has 2 aromatic carbocycles. The summed E-state index contributed by atoms with van der Waals surface area (Å²) in [5, 5.41) is 7.90. The summed E-state index contributed by atoms with van der Waals surface area (Å²) < 4.78 is 18.9. The van der Waals surface area contributed by atoms with Crippen molar-refractivity contribution in [1.82, 2.24) is 0 Å². The van der Waals surface area contributed by atoms with E-state index in [1.807, 2.05) is 37.3 Å². The standard InChI is InChI=1S/C18H19FN2O/c1-3-4-16-8-5-15(11-18(16)19)13-21-20-12-14-6-9-17(22-2)10-7-14/h5-13H,3-4H2,1-2H3. The summed E-state index contributed by atoms with van der Waals surface area (Å²) >= 11 is 0. The van der Waals surface area contributed by atoms with Gasteiger partial charge in [-0.25, -0.2) is 4.39 Å². The molecule has 0 bridgehead atoms. The molecule has 0 spiro atoms. The van der Waals surface area contributed by atoms with Crippen LogP contribution in [-0.4, -0.2) is 19.5 Å². The van der Waals surface area contributed by atoms with Crippen LogP contribution in [0.1, 0.15) is 30.0 Å². The summed E-state index contributed by atoms with van der Waals surface area (Å²) in [5.41, 5.74) is 2.35. The molecule has 0 saturated heterocycles. The fourth-order valence-electron chi connectivity index (χ4n) is 2.01. The zero-order chi connectivity index (χ0) is 15.8. The highest BCUT2D eigenvalue weighted by Gasteiger charge is 2.01. The van der Waals surface area contributed by atoms with Crippen LogP contribution < -0.4 is 4.74 Å². The van der Waals surface area contributed by atoms with Gasteiger partial charge in [0.1, 0.15) is 11.6 Å². The molecule has 3 nitrogen and oxygen atoms in total. The predicted octanol–water partition coefficient (Wildman–Crippen LogP) is 4.24. The van der Waals surface area contributed by atoms with Crippen LogP contribution in [0.4, 0.5) is 4.39 Å². The molecule has 0 saturated carbocycles. The molecule has 0 fully saturated rings. The molecule has 2 rings (SSSR count). The Morgan fingerprint density at radius 1 is 1.00 bits per heavy atom. The zero-order valence-corrected chi connectivity index (χ0v) is 12.8. The molecule has 0 radical (unpaired) electrons. The van der Waals surface area contributed by atoms with Gasteiger partial charge in [0.15, 0.2) is 0 Å². The molecule has 0 unspecified atom stereocenters. The van der Waals surface area contributed by atoms with Crippen molar-refractivity contribution in [2.45, 2.75) is 19.8 Å². The van der Waals surface area contributed by atoms with E-state index in [1.165, 1.54) is 6.07 Å². The normalized spacial score (nSPS) is 11.4. The van der Waals surface area contributed by atoms with E-state index in [0.717, 1.165) is 29.7 Å². The lowest BCUT2D eigenvalue weighted by molar-refractivity contribution is 0.415. The number of methoxy groups -OCH3 is 1. The van der Waals surface area contributed by atoms with Gasteiger partial charge in [0.2, 0.25) is 0 Å². The van der Waals surface area contributed by atoms with Gasteiger partial charge in [0.25, 0.3) is 0 Å². The van der Waals surface area contributed by atoms with Crippen LogP contribution in [0, 0.1) is 5.82 Å². The molecule has 0 heterocycles. The molecule has 2 aromatic rings. The molecule has 0 atom stereocenters. The van der Waals surface area contributed by atoms with Crippen molar-refractivity contribution in [3.63, 3.8) is 0 Å². The molecule has 0 aliphatic rings. The number of halogens is 1. The third kappa shape index (κ3) is 4.52. The lowest BCUT2D eigenvalue weighted by atomic mass is 10.1. The van der Waals surface area contributed by atoms with Crippen LogP contribution in [0.2, 0.25) is 0 Å². The smallest absolute Gasteiger partial charge is 0.127 e. The summed E-state index contributed by atoms with van der Waals surface area (Å²) in [6.45, 7) is 2.03. The quantitative estimate of drug-likeness (QED) is 0.580. The van der Waals surface area contributed by atoms with E-state index in [2.05, 4.69) is 10.2 Å². The van der Waals surface area contributed by atoms with Crippen molar-refractivity contribution in [2.24, 2.45) is 10.2 Å². The van der Waals surface area contributed by atoms with Crippen LogP contribution in [0.25, 0.3) is 0 Å². The second-order valence-electron chi connectivity index (χ2n) is 4.86. The van der Waals surface area contributed by atoms with Crippen molar-refractivity contribution in [3.05, 3.63) is 65.0 Å². The maximum absolute atomic E-state index is 13.8. The average molecular weight is 298 g/mol. The molecule has 4 heteroatoms. The first-order valence-electron chi connectivity index (χ1n) is 7.22. The SMILES string of the molecule is CCCc1ccc(C=NN=Cc2ccc(OC)cc2)cc1F. The number of aryl methyl sites for hydroxylation is 1. The highest BCUT2D eigenvalue weighted by Crippen LogP contribution is 2.12. The Balaban J connectivity index is 1.99. The Bertz CT molecular complexity index is 663. The maximum Gasteiger partial charge on any atom is 0.127 e. The van der Waals surface area contributed by atoms with Gasteiger partial charge in [0, 0.05) is 0 Å². The van der Waals surface area contributed by atoms with Crippen LogP contribution in [-0.2, 0) is 6.42 Å². The number of benzene rings is 2. The van der Waals surface area contributed by atoms with Crippen molar-refractivity contribution >= 4 is 12.4 Å². The molecular weight excluding hydrogens is 279 g/mol. The fourth-order valence-corrected chi connectivity index (χ4v) is 2.01. The van der Waals surface area contributed by atoms with E-state index in [1.54, 1.807) is 25.6 Å². The van der Waals surface area contributed by atoms with Gasteiger partial charge in [-0.2, -0.15) is 10.2 Å². The van der Waals surface area contributed by atoms with E-state index in [-0.39, 0.29) is 5.82 Å². The molecule has 22 heavy (non-hydrogen) atoms. The summed E-state index contributed by atoms with van der Waals surface area (Å²) in [6.07, 6.45) is 4.85. The van der Waals surface area contributed by atoms with Crippen LogP contribution in [0.5, 0.6) is 5.75 Å². The largest absolute Gasteiger partial charge is 0.497 e. The molecule has 0 amide bonds. The van der Waals surface area contributed by atoms with Crippen molar-refractivity contribution in [2.75, 3.05) is 7.11 Å². The second-order valence-corrected chi connectivity index (χ2v) is 4.86. The molecule has 0 N–H and O–H groups in total. The molecule has 114 valence electrons. The third-order valence-corrected chi connectivity index (χ3v) is 3.19. The van der Waals surface area contributed by atoms with Crippen LogP contribution in [0.3, 0.4) is 0 Å². The van der Waals surface area contributed by atoms with Crippen LogP contribution >= 0.6 is 0 Å². The zero-order valence-electron chi connectivity index (χ0n) is 12.8. The Morgan fingerprint density at radius 3 is 2.23 bits per heavy atom. The minimum Gasteiger partial charge on any atom is -0.497 e. The third-order valence-electron chi connectivity index (χ3n) is 3.19. The first-order valence-corrected chi connectivity index (χ1v) is 7.22. The highest BCUT2D eigenvalue weighted by molar-refractivity contribution is 5.82. The van der Waals surface area contributed by atoms with Gasteiger partial charge in [-0.15, -0.1) is 0 Å². The molecule has 0 aliphatic heterocycles. The highest BCUT2D eigenvalue weighted by atomic mass is 19.1. The van der Waals surface area contributed by atoms with Crippen molar-refractivity contribution in [3.8, 4) is 5.75 Å².